The van der Waals surface area contributed by atoms with Gasteiger partial charge in [0.1, 0.15) is 6.61 Å². The first-order valence-corrected chi connectivity index (χ1v) is 11.2. The molecule has 8 nitrogen and oxygen atoms in total. The number of fused-ring (bicyclic) bond motifs is 3. The van der Waals surface area contributed by atoms with Crippen LogP contribution < -0.4 is 5.32 Å². The number of aliphatic hydroxyl groups is 1. The van der Waals surface area contributed by atoms with Gasteiger partial charge in [-0.3, -0.25) is 4.79 Å². The third-order valence-corrected chi connectivity index (χ3v) is 7.09. The van der Waals surface area contributed by atoms with Crippen LogP contribution in [0.25, 0.3) is 11.1 Å². The first-order chi connectivity index (χ1) is 15.9. The fraction of sp³-hybridized carbons (Fsp3) is 0.400. The molecule has 0 radical (unpaired) electrons. The summed E-state index contributed by atoms with van der Waals surface area (Å²) in [5, 5.41) is 21.8. The van der Waals surface area contributed by atoms with E-state index in [-0.39, 0.29) is 37.6 Å². The molecule has 2 atom stereocenters. The lowest BCUT2D eigenvalue weighted by Crippen LogP contribution is -2.68. The minimum absolute atomic E-state index is 0.0426. The fourth-order valence-corrected chi connectivity index (χ4v) is 5.33. The minimum Gasteiger partial charge on any atom is -0.479 e. The molecule has 8 heteroatoms. The van der Waals surface area contributed by atoms with Crippen LogP contribution in [0, 0.1) is 5.92 Å². The quantitative estimate of drug-likeness (QED) is 0.644. The monoisotopic (exact) mass is 450 g/mol. The Labute approximate surface area is 191 Å². The van der Waals surface area contributed by atoms with Gasteiger partial charge in [-0.2, -0.15) is 0 Å². The number of carboxylic acid groups (broad SMARTS) is 1. The molecule has 1 saturated carbocycles. The zero-order chi connectivity index (χ0) is 23.2. The molecule has 2 aromatic rings. The molecular formula is C25H26N2O6. The van der Waals surface area contributed by atoms with E-state index in [0.29, 0.717) is 12.8 Å². The number of benzene rings is 2. The van der Waals surface area contributed by atoms with Crippen molar-refractivity contribution in [2.75, 3.05) is 19.7 Å². The summed E-state index contributed by atoms with van der Waals surface area (Å²) in [5.41, 5.74) is 2.69. The van der Waals surface area contributed by atoms with Crippen LogP contribution in [0.15, 0.2) is 48.5 Å². The molecule has 172 valence electrons. The average Bonchev–Trinajstić information content (AvgIpc) is 3.37. The van der Waals surface area contributed by atoms with Crippen molar-refractivity contribution in [2.45, 2.75) is 36.8 Å². The molecule has 2 aromatic carbocycles. The summed E-state index contributed by atoms with van der Waals surface area (Å²) in [4.78, 5) is 37.8. The second-order valence-electron chi connectivity index (χ2n) is 9.14. The highest BCUT2D eigenvalue weighted by Gasteiger charge is 2.52. The summed E-state index contributed by atoms with van der Waals surface area (Å²) in [6.07, 6.45) is 1.47. The number of β-amino-alcohol motifs (C(OH)–C–C–N with tert-alkyl or cyclic N) is 1. The number of alkyl carbamates (subject to hydrolysis) is 1. The maximum Gasteiger partial charge on any atom is 0.407 e. The number of hydrogen-bond donors (Lipinski definition) is 3. The highest BCUT2D eigenvalue weighted by Crippen LogP contribution is 2.44. The largest absolute Gasteiger partial charge is 0.479 e. The standard InChI is InChI=1S/C25H26N2O6/c28-22(27-13-25(32,14-27)23(29)30)19-10-5-11-21(19)26-24(31)33-12-20-17-8-3-1-6-15(17)16-7-2-4-9-18(16)20/h1-4,6-9,19-21,32H,5,10-14H2,(H,26,31)(H,29,30)/t19-,21+/m0/s1. The van der Waals surface area contributed by atoms with Gasteiger partial charge in [0.2, 0.25) is 5.91 Å². The van der Waals surface area contributed by atoms with Crippen LogP contribution in [0.4, 0.5) is 4.79 Å². The number of nitrogens with one attached hydrogen (secondary N) is 1. The van der Waals surface area contributed by atoms with Gasteiger partial charge in [0.05, 0.1) is 19.0 Å². The SMILES string of the molecule is O=C(N[C@@H]1CCC[C@@H]1C(=O)N1CC(O)(C(=O)O)C1)OCC1c2ccccc2-c2ccccc21. The number of rotatable bonds is 5. The molecule has 0 bridgehead atoms. The third kappa shape index (κ3) is 3.74. The number of likely N-dealkylation sites (tertiary alicyclic amines) is 1. The minimum atomic E-state index is -1.87. The molecule has 0 spiro atoms. The molecular weight excluding hydrogens is 424 g/mol. The summed E-state index contributed by atoms with van der Waals surface area (Å²) >= 11 is 0. The molecule has 1 aliphatic heterocycles. The number of hydrogen-bond acceptors (Lipinski definition) is 5. The predicted octanol–water partition coefficient (Wildman–Crippen LogP) is 2.35. The molecule has 0 unspecified atom stereocenters. The maximum absolute atomic E-state index is 12.8. The Hall–Kier alpha value is -3.39. The van der Waals surface area contributed by atoms with Gasteiger partial charge in [0, 0.05) is 12.0 Å². The lowest BCUT2D eigenvalue weighted by molar-refractivity contribution is -0.183. The predicted molar refractivity (Wildman–Crippen MR) is 118 cm³/mol. The number of carbonyl (C=O) groups is 3. The molecule has 2 aliphatic carbocycles. The number of carboxylic acids is 1. The average molecular weight is 450 g/mol. The number of amides is 2. The van der Waals surface area contributed by atoms with Crippen molar-refractivity contribution in [1.82, 2.24) is 10.2 Å². The number of carbonyl (C=O) groups excluding carboxylic acids is 2. The van der Waals surface area contributed by atoms with Crippen molar-refractivity contribution >= 4 is 18.0 Å². The second kappa shape index (κ2) is 8.19. The Morgan fingerprint density at radius 3 is 2.21 bits per heavy atom. The molecule has 3 aliphatic rings. The van der Waals surface area contributed by atoms with Crippen LogP contribution in [-0.4, -0.2) is 64.4 Å². The van der Waals surface area contributed by atoms with Crippen LogP contribution in [0.1, 0.15) is 36.3 Å². The smallest absolute Gasteiger partial charge is 0.407 e. The van der Waals surface area contributed by atoms with Crippen LogP contribution >= 0.6 is 0 Å². The van der Waals surface area contributed by atoms with Crippen LogP contribution in [0.2, 0.25) is 0 Å². The zero-order valence-electron chi connectivity index (χ0n) is 18.1. The van der Waals surface area contributed by atoms with Crippen molar-refractivity contribution in [1.29, 1.82) is 0 Å². The van der Waals surface area contributed by atoms with E-state index in [2.05, 4.69) is 29.6 Å². The summed E-state index contributed by atoms with van der Waals surface area (Å²) < 4.78 is 5.60. The van der Waals surface area contributed by atoms with E-state index in [1.165, 1.54) is 4.90 Å². The Bertz CT molecular complexity index is 1060. The Morgan fingerprint density at radius 2 is 1.61 bits per heavy atom. The van der Waals surface area contributed by atoms with Crippen molar-refractivity contribution < 1.29 is 29.3 Å². The summed E-state index contributed by atoms with van der Waals surface area (Å²) in [6.45, 7) is -0.256. The highest BCUT2D eigenvalue weighted by atomic mass is 16.5. The molecule has 1 saturated heterocycles. The lowest BCUT2D eigenvalue weighted by Gasteiger charge is -2.44. The van der Waals surface area contributed by atoms with E-state index < -0.39 is 23.6 Å². The third-order valence-electron chi connectivity index (χ3n) is 7.09. The van der Waals surface area contributed by atoms with Crippen molar-refractivity contribution in [2.24, 2.45) is 5.92 Å². The van der Waals surface area contributed by atoms with E-state index in [1.807, 2.05) is 24.3 Å². The Kier molecular flexibility index (Phi) is 5.32. The normalized spacial score (nSPS) is 22.8. The van der Waals surface area contributed by atoms with Gasteiger partial charge in [0.15, 0.2) is 5.60 Å². The highest BCUT2D eigenvalue weighted by molar-refractivity contribution is 5.87. The van der Waals surface area contributed by atoms with Gasteiger partial charge in [0.25, 0.3) is 0 Å². The summed E-state index contributed by atoms with van der Waals surface area (Å²) in [5.74, 6) is -2.04. The lowest BCUT2D eigenvalue weighted by atomic mass is 9.91. The number of ether oxygens (including phenoxy) is 1. The van der Waals surface area contributed by atoms with Crippen LogP contribution in [0.5, 0.6) is 0 Å². The summed E-state index contributed by atoms with van der Waals surface area (Å²) in [6, 6.07) is 15.8. The van der Waals surface area contributed by atoms with Gasteiger partial charge in [-0.15, -0.1) is 0 Å². The van der Waals surface area contributed by atoms with E-state index in [1.54, 1.807) is 0 Å². The van der Waals surface area contributed by atoms with Crippen molar-refractivity contribution in [3.05, 3.63) is 59.7 Å². The molecule has 2 amide bonds. The Morgan fingerprint density at radius 1 is 1.00 bits per heavy atom. The van der Waals surface area contributed by atoms with Gasteiger partial charge in [-0.1, -0.05) is 55.0 Å². The topological polar surface area (TPSA) is 116 Å². The first-order valence-electron chi connectivity index (χ1n) is 11.2. The first kappa shape index (κ1) is 21.5. The number of aliphatic carboxylic acids is 1. The molecule has 1 heterocycles. The van der Waals surface area contributed by atoms with Gasteiger partial charge < -0.3 is 25.2 Å². The molecule has 5 rings (SSSR count). The van der Waals surface area contributed by atoms with Crippen LogP contribution in [0.3, 0.4) is 0 Å². The van der Waals surface area contributed by atoms with Crippen molar-refractivity contribution in [3.63, 3.8) is 0 Å². The number of nitrogens with zero attached hydrogens (tertiary/aromatic N) is 1. The van der Waals surface area contributed by atoms with Gasteiger partial charge in [-0.25, -0.2) is 9.59 Å². The molecule has 33 heavy (non-hydrogen) atoms. The van der Waals surface area contributed by atoms with Crippen LogP contribution in [-0.2, 0) is 14.3 Å². The zero-order valence-corrected chi connectivity index (χ0v) is 18.1. The second-order valence-corrected chi connectivity index (χ2v) is 9.14. The molecule has 3 N–H and O–H groups in total. The van der Waals surface area contributed by atoms with Gasteiger partial charge >= 0.3 is 12.1 Å². The maximum atomic E-state index is 12.8. The van der Waals surface area contributed by atoms with E-state index in [9.17, 15) is 19.5 Å². The van der Waals surface area contributed by atoms with E-state index >= 15 is 0 Å². The van der Waals surface area contributed by atoms with E-state index in [0.717, 1.165) is 28.7 Å². The van der Waals surface area contributed by atoms with E-state index in [4.69, 9.17) is 9.84 Å². The molecule has 0 aromatic heterocycles. The fourth-order valence-electron chi connectivity index (χ4n) is 5.33. The Balaban J connectivity index is 1.20. The van der Waals surface area contributed by atoms with Gasteiger partial charge in [-0.05, 0) is 35.1 Å². The summed E-state index contributed by atoms with van der Waals surface area (Å²) in [7, 11) is 0. The molecule has 2 fully saturated rings. The van der Waals surface area contributed by atoms with Crippen molar-refractivity contribution in [3.8, 4) is 11.1 Å².